The van der Waals surface area contributed by atoms with Gasteiger partial charge in [0.15, 0.2) is 0 Å². The number of nitrogens with one attached hydrogen (secondary N) is 2. The van der Waals surface area contributed by atoms with Crippen LogP contribution in [-0.4, -0.2) is 78.1 Å². The average Bonchev–Trinajstić information content (AvgIpc) is 2.56. The van der Waals surface area contributed by atoms with E-state index in [1.165, 1.54) is 6.42 Å². The van der Waals surface area contributed by atoms with Gasteiger partial charge < -0.3 is 15.3 Å². The standard InChI is InChI=1S/C16H28N4O4/c1-12-4-2-3-5-13(12)17-16(24)18-14(22)10-19-6-8-20(9-7-19)15(23)11-21/h12-13,21H,2-11H2,1H3,(H2,17,18,22,24)/t12-,13+/m1/s1. The van der Waals surface area contributed by atoms with Crippen LogP contribution < -0.4 is 10.6 Å². The highest BCUT2D eigenvalue weighted by Crippen LogP contribution is 2.23. The van der Waals surface area contributed by atoms with E-state index >= 15 is 0 Å². The van der Waals surface area contributed by atoms with E-state index in [2.05, 4.69) is 17.6 Å². The zero-order valence-electron chi connectivity index (χ0n) is 14.3. The molecular weight excluding hydrogens is 312 g/mol. The highest BCUT2D eigenvalue weighted by molar-refractivity contribution is 5.95. The minimum absolute atomic E-state index is 0.134. The quantitative estimate of drug-likeness (QED) is 0.642. The minimum atomic E-state index is -0.486. The van der Waals surface area contributed by atoms with Crippen LogP contribution in [0.1, 0.15) is 32.6 Å². The minimum Gasteiger partial charge on any atom is -0.387 e. The molecule has 2 rings (SSSR count). The molecule has 2 aliphatic rings. The molecule has 1 saturated carbocycles. The zero-order valence-corrected chi connectivity index (χ0v) is 14.3. The lowest BCUT2D eigenvalue weighted by Crippen LogP contribution is -2.53. The van der Waals surface area contributed by atoms with E-state index in [-0.39, 0.29) is 24.4 Å². The summed E-state index contributed by atoms with van der Waals surface area (Å²) >= 11 is 0. The maximum absolute atomic E-state index is 12.0. The van der Waals surface area contributed by atoms with Crippen LogP contribution in [0.4, 0.5) is 4.79 Å². The van der Waals surface area contributed by atoms with E-state index in [1.807, 2.05) is 4.90 Å². The summed E-state index contributed by atoms with van der Waals surface area (Å²) in [6, 6.07) is -0.285. The average molecular weight is 340 g/mol. The van der Waals surface area contributed by atoms with Crippen LogP contribution in [0.3, 0.4) is 0 Å². The van der Waals surface area contributed by atoms with Crippen molar-refractivity contribution in [3.63, 3.8) is 0 Å². The second-order valence-electron chi connectivity index (χ2n) is 6.70. The Hall–Kier alpha value is -1.67. The monoisotopic (exact) mass is 340 g/mol. The molecule has 2 fully saturated rings. The van der Waals surface area contributed by atoms with Gasteiger partial charge in [-0.25, -0.2) is 4.79 Å². The van der Waals surface area contributed by atoms with Gasteiger partial charge in [-0.1, -0.05) is 19.8 Å². The Morgan fingerprint density at radius 3 is 2.38 bits per heavy atom. The summed E-state index contributed by atoms with van der Waals surface area (Å²) in [5.41, 5.74) is 0. The van der Waals surface area contributed by atoms with Gasteiger partial charge in [-0.05, 0) is 18.8 Å². The fraction of sp³-hybridized carbons (Fsp3) is 0.812. The van der Waals surface area contributed by atoms with E-state index in [0.29, 0.717) is 32.1 Å². The number of imide groups is 1. The SMILES string of the molecule is C[C@@H]1CCCC[C@@H]1NC(=O)NC(=O)CN1CCN(C(=O)CO)CC1. The second-order valence-corrected chi connectivity index (χ2v) is 6.70. The Morgan fingerprint density at radius 1 is 1.08 bits per heavy atom. The summed E-state index contributed by atoms with van der Waals surface area (Å²) in [4.78, 5) is 38.8. The van der Waals surface area contributed by atoms with Crippen LogP contribution >= 0.6 is 0 Å². The van der Waals surface area contributed by atoms with Gasteiger partial charge in [0.05, 0.1) is 6.54 Å². The van der Waals surface area contributed by atoms with Crippen molar-refractivity contribution < 1.29 is 19.5 Å². The van der Waals surface area contributed by atoms with E-state index in [0.717, 1.165) is 19.3 Å². The number of amides is 4. The van der Waals surface area contributed by atoms with Crippen LogP contribution in [0.5, 0.6) is 0 Å². The molecule has 4 amide bonds. The molecule has 0 aromatic rings. The lowest BCUT2D eigenvalue weighted by Gasteiger charge is -2.34. The third-order valence-corrected chi connectivity index (χ3v) is 4.91. The molecule has 3 N–H and O–H groups in total. The summed E-state index contributed by atoms with van der Waals surface area (Å²) in [5, 5.41) is 14.1. The lowest BCUT2D eigenvalue weighted by molar-refractivity contribution is -0.136. The maximum Gasteiger partial charge on any atom is 0.321 e. The third-order valence-electron chi connectivity index (χ3n) is 4.91. The first-order valence-electron chi connectivity index (χ1n) is 8.71. The Balaban J connectivity index is 1.68. The molecule has 2 atom stereocenters. The number of aliphatic hydroxyl groups is 1. The van der Waals surface area contributed by atoms with E-state index in [1.54, 1.807) is 4.90 Å². The molecule has 136 valence electrons. The predicted molar refractivity (Wildman–Crippen MR) is 88.2 cm³/mol. The number of urea groups is 1. The van der Waals surface area contributed by atoms with Crippen molar-refractivity contribution in [2.24, 2.45) is 5.92 Å². The number of piperazine rings is 1. The first kappa shape index (κ1) is 18.7. The highest BCUT2D eigenvalue weighted by atomic mass is 16.3. The Bertz CT molecular complexity index is 463. The van der Waals surface area contributed by atoms with Crippen LogP contribution in [0.15, 0.2) is 0 Å². The van der Waals surface area contributed by atoms with Gasteiger partial charge in [-0.3, -0.25) is 19.8 Å². The molecule has 8 heteroatoms. The fourth-order valence-corrected chi connectivity index (χ4v) is 3.36. The number of hydrogen-bond acceptors (Lipinski definition) is 5. The number of carbonyl (C=O) groups is 3. The molecule has 1 saturated heterocycles. The van der Waals surface area contributed by atoms with E-state index in [4.69, 9.17) is 5.11 Å². The van der Waals surface area contributed by atoms with Crippen molar-refractivity contribution in [2.75, 3.05) is 39.3 Å². The molecule has 0 aromatic carbocycles. The van der Waals surface area contributed by atoms with Crippen molar-refractivity contribution in [1.29, 1.82) is 0 Å². The van der Waals surface area contributed by atoms with Crippen LogP contribution in [0.25, 0.3) is 0 Å². The van der Waals surface area contributed by atoms with Gasteiger partial charge in [-0.15, -0.1) is 0 Å². The van der Waals surface area contributed by atoms with Gasteiger partial charge in [0.2, 0.25) is 11.8 Å². The van der Waals surface area contributed by atoms with Gasteiger partial charge >= 0.3 is 6.03 Å². The van der Waals surface area contributed by atoms with Gasteiger partial charge in [0, 0.05) is 32.2 Å². The number of rotatable bonds is 4. The first-order chi connectivity index (χ1) is 11.5. The maximum atomic E-state index is 12.0. The molecule has 1 aliphatic carbocycles. The second kappa shape index (κ2) is 8.98. The molecule has 8 nitrogen and oxygen atoms in total. The molecule has 24 heavy (non-hydrogen) atoms. The number of aliphatic hydroxyl groups excluding tert-OH is 1. The Labute approximate surface area is 142 Å². The van der Waals surface area contributed by atoms with Crippen LogP contribution in [0, 0.1) is 5.92 Å². The van der Waals surface area contributed by atoms with Crippen LogP contribution in [-0.2, 0) is 9.59 Å². The van der Waals surface area contributed by atoms with Crippen LogP contribution in [0.2, 0.25) is 0 Å². The third kappa shape index (κ3) is 5.45. The molecular formula is C16H28N4O4. The smallest absolute Gasteiger partial charge is 0.321 e. The normalized spacial score (nSPS) is 25.2. The number of nitrogens with zero attached hydrogens (tertiary/aromatic N) is 2. The van der Waals surface area contributed by atoms with Gasteiger partial charge in [0.25, 0.3) is 0 Å². The van der Waals surface area contributed by atoms with Crippen molar-refractivity contribution in [3.05, 3.63) is 0 Å². The molecule has 0 unspecified atom stereocenters. The summed E-state index contributed by atoms with van der Waals surface area (Å²) in [7, 11) is 0. The van der Waals surface area contributed by atoms with E-state index in [9.17, 15) is 14.4 Å². The Morgan fingerprint density at radius 2 is 1.75 bits per heavy atom. The summed E-state index contributed by atoms with van der Waals surface area (Å²) in [6.07, 6.45) is 4.38. The first-order valence-corrected chi connectivity index (χ1v) is 8.71. The molecule has 0 radical (unpaired) electrons. The topological polar surface area (TPSA) is 102 Å². The predicted octanol–water partition coefficient (Wildman–Crippen LogP) is -0.473. The molecule has 1 heterocycles. The number of hydrogen-bond donors (Lipinski definition) is 3. The van der Waals surface area contributed by atoms with Gasteiger partial charge in [-0.2, -0.15) is 0 Å². The van der Waals surface area contributed by atoms with Crippen molar-refractivity contribution in [1.82, 2.24) is 20.4 Å². The largest absolute Gasteiger partial charge is 0.387 e. The highest BCUT2D eigenvalue weighted by Gasteiger charge is 2.25. The van der Waals surface area contributed by atoms with E-state index < -0.39 is 12.6 Å². The van der Waals surface area contributed by atoms with Gasteiger partial charge in [0.1, 0.15) is 6.61 Å². The molecule has 1 aliphatic heterocycles. The van der Waals surface area contributed by atoms with Crippen molar-refractivity contribution >= 4 is 17.8 Å². The summed E-state index contributed by atoms with van der Waals surface area (Å²) in [6.45, 7) is 3.85. The Kier molecular flexibility index (Phi) is 6.99. The van der Waals surface area contributed by atoms with Crippen molar-refractivity contribution in [2.45, 2.75) is 38.6 Å². The lowest BCUT2D eigenvalue weighted by atomic mass is 9.86. The molecule has 0 aromatic heterocycles. The fourth-order valence-electron chi connectivity index (χ4n) is 3.36. The molecule has 0 spiro atoms. The summed E-state index contributed by atoms with van der Waals surface area (Å²) < 4.78 is 0. The summed E-state index contributed by atoms with van der Waals surface area (Å²) in [5.74, 6) is -0.185. The zero-order chi connectivity index (χ0) is 17.5. The molecule has 0 bridgehead atoms. The van der Waals surface area contributed by atoms with Crippen molar-refractivity contribution in [3.8, 4) is 0 Å². The number of carbonyl (C=O) groups excluding carboxylic acids is 3.